The van der Waals surface area contributed by atoms with Crippen LogP contribution in [-0.4, -0.2) is 25.8 Å². The van der Waals surface area contributed by atoms with Gasteiger partial charge in [-0.15, -0.1) is 0 Å². The average Bonchev–Trinajstić information content (AvgIpc) is 3.13. The van der Waals surface area contributed by atoms with Gasteiger partial charge in [-0.1, -0.05) is 0 Å². The summed E-state index contributed by atoms with van der Waals surface area (Å²) >= 11 is 0. The summed E-state index contributed by atoms with van der Waals surface area (Å²) in [6.07, 6.45) is 6.02. The third-order valence-electron chi connectivity index (χ3n) is 4.05. The lowest BCUT2D eigenvalue weighted by atomic mass is 9.98. The molecule has 0 atom stereocenters. The number of carbonyl (C=O) groups is 1. The Morgan fingerprint density at radius 1 is 1.40 bits per heavy atom. The molecule has 0 unspecified atom stereocenters. The minimum Gasteiger partial charge on any atom is -0.345 e. The molecule has 2 heterocycles. The minimum absolute atomic E-state index is 0.141. The quantitative estimate of drug-likeness (QED) is 0.932. The van der Waals surface area contributed by atoms with E-state index in [0.29, 0.717) is 17.3 Å². The van der Waals surface area contributed by atoms with Crippen molar-refractivity contribution in [2.24, 2.45) is 5.92 Å². The highest BCUT2D eigenvalue weighted by Crippen LogP contribution is 2.39. The van der Waals surface area contributed by atoms with Crippen LogP contribution >= 0.6 is 0 Å². The summed E-state index contributed by atoms with van der Waals surface area (Å²) in [6, 6.07) is 0. The maximum atomic E-state index is 12.5. The standard InChI is InChI=1S/C15H20N4O/c1-9-8-19-10(2)7-16-12(13(19)17-9)14(20)18-15(3,4)11-5-6-11/h7-8,11H,5-6H2,1-4H3,(H,18,20). The first-order chi connectivity index (χ1) is 9.38. The van der Waals surface area contributed by atoms with E-state index in [1.54, 1.807) is 6.20 Å². The second-order valence-corrected chi connectivity index (χ2v) is 6.27. The number of aromatic nitrogens is 3. The first kappa shape index (κ1) is 13.1. The molecule has 5 nitrogen and oxygen atoms in total. The molecule has 1 N–H and O–H groups in total. The van der Waals surface area contributed by atoms with Crippen LogP contribution in [0.2, 0.25) is 0 Å². The van der Waals surface area contributed by atoms with Crippen molar-refractivity contribution in [3.63, 3.8) is 0 Å². The van der Waals surface area contributed by atoms with Crippen LogP contribution in [0.4, 0.5) is 0 Å². The number of carbonyl (C=O) groups excluding carboxylic acids is 1. The van der Waals surface area contributed by atoms with Gasteiger partial charge < -0.3 is 9.72 Å². The van der Waals surface area contributed by atoms with Gasteiger partial charge in [0, 0.05) is 23.6 Å². The fraction of sp³-hybridized carbons (Fsp3) is 0.533. The van der Waals surface area contributed by atoms with Gasteiger partial charge in [0.2, 0.25) is 0 Å². The van der Waals surface area contributed by atoms with E-state index >= 15 is 0 Å². The molecule has 0 aromatic carbocycles. The van der Waals surface area contributed by atoms with E-state index in [2.05, 4.69) is 29.1 Å². The molecular formula is C15H20N4O. The average molecular weight is 272 g/mol. The smallest absolute Gasteiger partial charge is 0.274 e. The Morgan fingerprint density at radius 2 is 2.10 bits per heavy atom. The van der Waals surface area contributed by atoms with Gasteiger partial charge >= 0.3 is 0 Å². The summed E-state index contributed by atoms with van der Waals surface area (Å²) in [5.41, 5.74) is 2.71. The number of nitrogens with zero attached hydrogens (tertiary/aromatic N) is 3. The third-order valence-corrected chi connectivity index (χ3v) is 4.05. The second-order valence-electron chi connectivity index (χ2n) is 6.27. The first-order valence-electron chi connectivity index (χ1n) is 7.02. The van der Waals surface area contributed by atoms with Crippen LogP contribution in [0.25, 0.3) is 5.65 Å². The van der Waals surface area contributed by atoms with Crippen molar-refractivity contribution in [1.82, 2.24) is 19.7 Å². The van der Waals surface area contributed by atoms with Crippen molar-refractivity contribution in [2.45, 2.75) is 46.1 Å². The van der Waals surface area contributed by atoms with Crippen LogP contribution in [0.3, 0.4) is 0 Å². The number of rotatable bonds is 3. The molecule has 20 heavy (non-hydrogen) atoms. The van der Waals surface area contributed by atoms with Crippen LogP contribution in [0, 0.1) is 19.8 Å². The largest absolute Gasteiger partial charge is 0.345 e. The maximum absolute atomic E-state index is 12.5. The topological polar surface area (TPSA) is 59.3 Å². The van der Waals surface area contributed by atoms with E-state index < -0.39 is 0 Å². The molecule has 0 spiro atoms. The molecule has 0 radical (unpaired) electrons. The van der Waals surface area contributed by atoms with Gasteiger partial charge in [-0.05, 0) is 46.5 Å². The van der Waals surface area contributed by atoms with Gasteiger partial charge in [0.1, 0.15) is 0 Å². The molecule has 0 aliphatic heterocycles. The lowest BCUT2D eigenvalue weighted by Crippen LogP contribution is -2.45. The number of aryl methyl sites for hydroxylation is 2. The van der Waals surface area contributed by atoms with Crippen LogP contribution in [0.1, 0.15) is 48.6 Å². The number of nitrogens with one attached hydrogen (secondary N) is 1. The monoisotopic (exact) mass is 272 g/mol. The normalized spacial score (nSPS) is 15.6. The zero-order valence-electron chi connectivity index (χ0n) is 12.4. The van der Waals surface area contributed by atoms with Crippen LogP contribution in [0.5, 0.6) is 0 Å². The molecule has 106 valence electrons. The summed E-state index contributed by atoms with van der Waals surface area (Å²) in [5.74, 6) is 0.437. The lowest BCUT2D eigenvalue weighted by Gasteiger charge is -2.25. The van der Waals surface area contributed by atoms with Crippen molar-refractivity contribution in [1.29, 1.82) is 0 Å². The van der Waals surface area contributed by atoms with Crippen LogP contribution in [-0.2, 0) is 0 Å². The molecule has 2 aromatic heterocycles. The van der Waals surface area contributed by atoms with Crippen molar-refractivity contribution in [3.05, 3.63) is 29.5 Å². The fourth-order valence-corrected chi connectivity index (χ4v) is 2.63. The SMILES string of the molecule is Cc1cn2c(C)cnc(C(=O)NC(C)(C)C3CC3)c2n1. The van der Waals surface area contributed by atoms with Gasteiger partial charge in [0.15, 0.2) is 11.3 Å². The Morgan fingerprint density at radius 3 is 2.75 bits per heavy atom. The molecule has 1 amide bonds. The number of imidazole rings is 1. The summed E-state index contributed by atoms with van der Waals surface area (Å²) in [7, 11) is 0. The summed E-state index contributed by atoms with van der Waals surface area (Å²) in [5, 5.41) is 3.10. The Hall–Kier alpha value is -1.91. The molecule has 0 bridgehead atoms. The molecule has 5 heteroatoms. The molecule has 3 rings (SSSR count). The maximum Gasteiger partial charge on any atom is 0.274 e. The van der Waals surface area contributed by atoms with E-state index in [0.717, 1.165) is 11.4 Å². The van der Waals surface area contributed by atoms with E-state index in [1.807, 2.05) is 24.4 Å². The Labute approximate surface area is 118 Å². The van der Waals surface area contributed by atoms with E-state index in [1.165, 1.54) is 12.8 Å². The molecule has 1 aliphatic carbocycles. The Kier molecular flexibility index (Phi) is 2.81. The van der Waals surface area contributed by atoms with Crippen LogP contribution < -0.4 is 5.32 Å². The number of amides is 1. The highest BCUT2D eigenvalue weighted by atomic mass is 16.2. The van der Waals surface area contributed by atoms with E-state index in [9.17, 15) is 4.79 Å². The predicted molar refractivity (Wildman–Crippen MR) is 76.7 cm³/mol. The van der Waals surface area contributed by atoms with E-state index in [4.69, 9.17) is 0 Å². The van der Waals surface area contributed by atoms with Crippen molar-refractivity contribution in [2.75, 3.05) is 0 Å². The molecule has 1 saturated carbocycles. The van der Waals surface area contributed by atoms with Crippen molar-refractivity contribution in [3.8, 4) is 0 Å². The first-order valence-corrected chi connectivity index (χ1v) is 7.02. The van der Waals surface area contributed by atoms with Gasteiger partial charge in [-0.3, -0.25) is 4.79 Å². The molecule has 1 aliphatic rings. The Balaban J connectivity index is 1.97. The highest BCUT2D eigenvalue weighted by molar-refractivity contribution is 5.98. The van der Waals surface area contributed by atoms with E-state index in [-0.39, 0.29) is 11.4 Å². The van der Waals surface area contributed by atoms with Gasteiger partial charge in [0.25, 0.3) is 5.91 Å². The van der Waals surface area contributed by atoms with Gasteiger partial charge in [0.05, 0.1) is 5.69 Å². The zero-order chi connectivity index (χ0) is 14.5. The van der Waals surface area contributed by atoms with Gasteiger partial charge in [-0.25, -0.2) is 9.97 Å². The molecule has 2 aromatic rings. The third kappa shape index (κ3) is 2.17. The van der Waals surface area contributed by atoms with Crippen LogP contribution in [0.15, 0.2) is 12.4 Å². The zero-order valence-corrected chi connectivity index (χ0v) is 12.4. The van der Waals surface area contributed by atoms with Gasteiger partial charge in [-0.2, -0.15) is 0 Å². The summed E-state index contributed by atoms with van der Waals surface area (Å²) in [6.45, 7) is 8.02. The number of hydrogen-bond donors (Lipinski definition) is 1. The molecule has 1 fully saturated rings. The minimum atomic E-state index is -0.178. The number of fused-ring (bicyclic) bond motifs is 1. The Bertz CT molecular complexity index is 682. The number of hydrogen-bond acceptors (Lipinski definition) is 3. The van der Waals surface area contributed by atoms with Crippen molar-refractivity contribution < 1.29 is 4.79 Å². The fourth-order valence-electron chi connectivity index (χ4n) is 2.63. The highest BCUT2D eigenvalue weighted by Gasteiger charge is 2.39. The second kappa shape index (κ2) is 4.30. The lowest BCUT2D eigenvalue weighted by molar-refractivity contribution is 0.0899. The summed E-state index contributed by atoms with van der Waals surface area (Å²) < 4.78 is 1.92. The predicted octanol–water partition coefficient (Wildman–Crippen LogP) is 2.26. The van der Waals surface area contributed by atoms with Crippen molar-refractivity contribution >= 4 is 11.6 Å². The molecular weight excluding hydrogens is 252 g/mol. The molecule has 0 saturated heterocycles. The summed E-state index contributed by atoms with van der Waals surface area (Å²) in [4.78, 5) is 21.2.